The Hall–Kier alpha value is -2.82. The smallest absolute Gasteiger partial charge is 0.227 e. The fraction of sp³-hybridized carbons (Fsp3) is 0.300. The quantitative estimate of drug-likeness (QED) is 0.901. The Bertz CT molecular complexity index is 801. The number of hydrogen-bond acceptors (Lipinski definition) is 3. The summed E-state index contributed by atoms with van der Waals surface area (Å²) in [7, 11) is 0. The highest BCUT2D eigenvalue weighted by molar-refractivity contribution is 5.89. The first-order chi connectivity index (χ1) is 12.0. The monoisotopic (exact) mass is 338 g/mol. The second-order valence-corrected chi connectivity index (χ2v) is 6.36. The molecule has 130 valence electrons. The summed E-state index contributed by atoms with van der Waals surface area (Å²) < 4.78 is 5.72. The molecule has 25 heavy (non-hydrogen) atoms. The Morgan fingerprint density at radius 1 is 1.20 bits per heavy atom. The van der Waals surface area contributed by atoms with Crippen LogP contribution in [-0.4, -0.2) is 18.4 Å². The molecule has 0 saturated carbocycles. The number of benzene rings is 2. The van der Waals surface area contributed by atoms with Gasteiger partial charge in [0.25, 0.3) is 0 Å². The van der Waals surface area contributed by atoms with Gasteiger partial charge in [-0.25, -0.2) is 0 Å². The summed E-state index contributed by atoms with van der Waals surface area (Å²) in [6.45, 7) is 4.38. The normalized spacial score (nSPS) is 15.7. The largest absolute Gasteiger partial charge is 0.492 e. The number of carbonyl (C=O) groups excluding carboxylic acids is 2. The van der Waals surface area contributed by atoms with E-state index in [1.54, 1.807) is 6.07 Å². The standard InChI is InChI=1S/C20H22N2O3/c1-13-5-3-4-6-15(13)11-21-20(24)17-9-16-10-18(22-14(2)23)7-8-19(16)25-12-17/h3-8,10,17H,9,11-12H2,1-2H3,(H,21,24)(H,22,23)/t17-/m0/s1. The maximum Gasteiger partial charge on any atom is 0.227 e. The van der Waals surface area contributed by atoms with E-state index >= 15 is 0 Å². The van der Waals surface area contributed by atoms with Crippen molar-refractivity contribution in [2.75, 3.05) is 11.9 Å². The molecule has 0 aliphatic carbocycles. The number of aryl methyl sites for hydroxylation is 1. The number of hydrogen-bond donors (Lipinski definition) is 2. The minimum Gasteiger partial charge on any atom is -0.492 e. The summed E-state index contributed by atoms with van der Waals surface area (Å²) in [6.07, 6.45) is 0.600. The Kier molecular flexibility index (Phi) is 5.03. The number of fused-ring (bicyclic) bond motifs is 1. The first-order valence-corrected chi connectivity index (χ1v) is 8.38. The van der Waals surface area contributed by atoms with Crippen molar-refractivity contribution >= 4 is 17.5 Å². The van der Waals surface area contributed by atoms with Crippen LogP contribution in [0.4, 0.5) is 5.69 Å². The highest BCUT2D eigenvalue weighted by Gasteiger charge is 2.26. The van der Waals surface area contributed by atoms with Crippen LogP contribution in [0.1, 0.15) is 23.6 Å². The zero-order valence-corrected chi connectivity index (χ0v) is 14.5. The van der Waals surface area contributed by atoms with Crippen LogP contribution >= 0.6 is 0 Å². The molecule has 2 amide bonds. The Balaban J connectivity index is 1.64. The molecule has 2 aromatic carbocycles. The van der Waals surface area contributed by atoms with Crippen LogP contribution in [0.15, 0.2) is 42.5 Å². The van der Waals surface area contributed by atoms with Gasteiger partial charge >= 0.3 is 0 Å². The molecule has 5 heteroatoms. The van der Waals surface area contributed by atoms with Crippen molar-refractivity contribution in [1.29, 1.82) is 0 Å². The number of carbonyl (C=O) groups is 2. The van der Waals surface area contributed by atoms with Crippen molar-refractivity contribution in [3.05, 3.63) is 59.2 Å². The molecule has 0 radical (unpaired) electrons. The molecule has 2 aromatic rings. The average Bonchev–Trinajstić information content (AvgIpc) is 2.59. The lowest BCUT2D eigenvalue weighted by Crippen LogP contribution is -2.37. The first-order valence-electron chi connectivity index (χ1n) is 8.38. The first kappa shape index (κ1) is 17.0. The molecule has 0 spiro atoms. The van der Waals surface area contributed by atoms with Crippen LogP contribution in [0.25, 0.3) is 0 Å². The molecule has 0 saturated heterocycles. The maximum absolute atomic E-state index is 12.5. The van der Waals surface area contributed by atoms with E-state index in [0.717, 1.165) is 28.1 Å². The van der Waals surface area contributed by atoms with E-state index in [-0.39, 0.29) is 17.7 Å². The summed E-state index contributed by atoms with van der Waals surface area (Å²) in [5.74, 6) is 0.407. The molecule has 3 rings (SSSR count). The number of nitrogens with one attached hydrogen (secondary N) is 2. The predicted molar refractivity (Wildman–Crippen MR) is 96.5 cm³/mol. The van der Waals surface area contributed by atoms with Crippen LogP contribution in [0.2, 0.25) is 0 Å². The van der Waals surface area contributed by atoms with Gasteiger partial charge in [0.05, 0.1) is 5.92 Å². The van der Waals surface area contributed by atoms with Gasteiger partial charge < -0.3 is 15.4 Å². The second kappa shape index (κ2) is 7.38. The lowest BCUT2D eigenvalue weighted by molar-refractivity contribution is -0.126. The lowest BCUT2D eigenvalue weighted by atomic mass is 9.95. The summed E-state index contributed by atoms with van der Waals surface area (Å²) in [6, 6.07) is 13.5. The fourth-order valence-electron chi connectivity index (χ4n) is 2.98. The van der Waals surface area contributed by atoms with Gasteiger partial charge in [-0.1, -0.05) is 24.3 Å². The van der Waals surface area contributed by atoms with Crippen LogP contribution in [0.3, 0.4) is 0 Å². The van der Waals surface area contributed by atoms with Crippen molar-refractivity contribution < 1.29 is 14.3 Å². The van der Waals surface area contributed by atoms with Crippen molar-refractivity contribution in [3.63, 3.8) is 0 Å². The predicted octanol–water partition coefficient (Wildman–Crippen LogP) is 2.82. The molecule has 0 unspecified atom stereocenters. The number of ether oxygens (including phenoxy) is 1. The van der Waals surface area contributed by atoms with Crippen molar-refractivity contribution in [1.82, 2.24) is 5.32 Å². The van der Waals surface area contributed by atoms with E-state index in [4.69, 9.17) is 4.74 Å². The van der Waals surface area contributed by atoms with Crippen LogP contribution in [0, 0.1) is 12.8 Å². The topological polar surface area (TPSA) is 67.4 Å². The number of amides is 2. The van der Waals surface area contributed by atoms with E-state index in [0.29, 0.717) is 19.6 Å². The molecule has 1 aliphatic rings. The molecular weight excluding hydrogens is 316 g/mol. The van der Waals surface area contributed by atoms with E-state index in [9.17, 15) is 9.59 Å². The highest BCUT2D eigenvalue weighted by atomic mass is 16.5. The van der Waals surface area contributed by atoms with Gasteiger partial charge in [-0.3, -0.25) is 9.59 Å². The van der Waals surface area contributed by atoms with E-state index in [1.807, 2.05) is 43.3 Å². The third kappa shape index (κ3) is 4.18. The minimum atomic E-state index is -0.232. The van der Waals surface area contributed by atoms with Gasteiger partial charge in [0, 0.05) is 19.2 Å². The number of rotatable bonds is 4. The van der Waals surface area contributed by atoms with E-state index < -0.39 is 0 Å². The van der Waals surface area contributed by atoms with Gasteiger partial charge in [-0.05, 0) is 48.2 Å². The fourth-order valence-corrected chi connectivity index (χ4v) is 2.98. The van der Waals surface area contributed by atoms with Gasteiger partial charge in [0.1, 0.15) is 12.4 Å². The van der Waals surface area contributed by atoms with Crippen LogP contribution in [0.5, 0.6) is 5.75 Å². The van der Waals surface area contributed by atoms with E-state index in [2.05, 4.69) is 10.6 Å². The Morgan fingerprint density at radius 2 is 2.00 bits per heavy atom. The molecule has 2 N–H and O–H groups in total. The average molecular weight is 338 g/mol. The molecule has 1 heterocycles. The number of anilines is 1. The summed E-state index contributed by atoms with van der Waals surface area (Å²) >= 11 is 0. The molecule has 5 nitrogen and oxygen atoms in total. The minimum absolute atomic E-state index is 0.0150. The summed E-state index contributed by atoms with van der Waals surface area (Å²) in [5.41, 5.74) is 3.93. The zero-order chi connectivity index (χ0) is 17.8. The van der Waals surface area contributed by atoms with Gasteiger partial charge in [0.15, 0.2) is 0 Å². The third-order valence-electron chi connectivity index (χ3n) is 4.37. The van der Waals surface area contributed by atoms with Crippen molar-refractivity contribution in [3.8, 4) is 5.75 Å². The van der Waals surface area contributed by atoms with Crippen LogP contribution < -0.4 is 15.4 Å². The van der Waals surface area contributed by atoms with Gasteiger partial charge in [-0.15, -0.1) is 0 Å². The van der Waals surface area contributed by atoms with Crippen molar-refractivity contribution in [2.24, 2.45) is 5.92 Å². The van der Waals surface area contributed by atoms with Crippen LogP contribution in [-0.2, 0) is 22.6 Å². The van der Waals surface area contributed by atoms with E-state index in [1.165, 1.54) is 6.92 Å². The maximum atomic E-state index is 12.5. The summed E-state index contributed by atoms with van der Waals surface area (Å²) in [5, 5.41) is 5.76. The zero-order valence-electron chi connectivity index (χ0n) is 14.5. The molecular formula is C20H22N2O3. The SMILES string of the molecule is CC(=O)Nc1ccc2c(c1)C[C@H](C(=O)NCc1ccccc1C)CO2. The Labute approximate surface area is 147 Å². The third-order valence-corrected chi connectivity index (χ3v) is 4.37. The summed E-state index contributed by atoms with van der Waals surface area (Å²) in [4.78, 5) is 23.7. The van der Waals surface area contributed by atoms with Gasteiger partial charge in [0.2, 0.25) is 11.8 Å². The molecule has 0 aromatic heterocycles. The van der Waals surface area contributed by atoms with Gasteiger partial charge in [-0.2, -0.15) is 0 Å². The molecule has 1 atom stereocenters. The molecule has 1 aliphatic heterocycles. The second-order valence-electron chi connectivity index (χ2n) is 6.36. The lowest BCUT2D eigenvalue weighted by Gasteiger charge is -2.25. The molecule has 0 bridgehead atoms. The highest BCUT2D eigenvalue weighted by Crippen LogP contribution is 2.30. The van der Waals surface area contributed by atoms with Crippen molar-refractivity contribution in [2.45, 2.75) is 26.8 Å². The Morgan fingerprint density at radius 3 is 2.76 bits per heavy atom. The molecule has 0 fully saturated rings.